The van der Waals surface area contributed by atoms with E-state index in [1.165, 1.54) is 12.8 Å². The molecule has 1 N–H and O–H groups in total. The van der Waals surface area contributed by atoms with Gasteiger partial charge in [0.1, 0.15) is 5.75 Å². The molecule has 0 amide bonds. The number of rotatable bonds is 5. The summed E-state index contributed by atoms with van der Waals surface area (Å²) in [5, 5.41) is 3.45. The molecule has 0 unspecified atom stereocenters. The molecule has 3 rings (SSSR count). The molecule has 0 radical (unpaired) electrons. The van der Waals surface area contributed by atoms with Crippen LogP contribution in [-0.2, 0) is 6.54 Å². The third-order valence-corrected chi connectivity index (χ3v) is 2.90. The number of hydrogen-bond acceptors (Lipinski definition) is 3. The molecule has 1 saturated carbocycles. The lowest BCUT2D eigenvalue weighted by molar-refractivity contribution is 0.459. The predicted molar refractivity (Wildman–Crippen MR) is 70.6 cm³/mol. The van der Waals surface area contributed by atoms with Crippen molar-refractivity contribution < 1.29 is 4.74 Å². The van der Waals surface area contributed by atoms with Gasteiger partial charge >= 0.3 is 0 Å². The second kappa shape index (κ2) is 5.19. The van der Waals surface area contributed by atoms with E-state index in [0.29, 0.717) is 11.9 Å². The summed E-state index contributed by atoms with van der Waals surface area (Å²) in [6, 6.07) is 16.3. The summed E-state index contributed by atoms with van der Waals surface area (Å²) in [5.74, 6) is 1.47. The van der Waals surface area contributed by atoms with Gasteiger partial charge in [0.15, 0.2) is 0 Å². The van der Waals surface area contributed by atoms with Crippen molar-refractivity contribution in [1.29, 1.82) is 0 Å². The first kappa shape index (κ1) is 11.2. The maximum absolute atomic E-state index is 5.70. The van der Waals surface area contributed by atoms with Gasteiger partial charge in [0.25, 0.3) is 0 Å². The van der Waals surface area contributed by atoms with Gasteiger partial charge in [-0.15, -0.1) is 0 Å². The lowest BCUT2D eigenvalue weighted by Gasteiger charge is -2.07. The van der Waals surface area contributed by atoms with Crippen molar-refractivity contribution >= 4 is 0 Å². The fraction of sp³-hybridized carbons (Fsp3) is 0.267. The van der Waals surface area contributed by atoms with Gasteiger partial charge in [0, 0.05) is 18.7 Å². The zero-order valence-corrected chi connectivity index (χ0v) is 10.2. The number of nitrogens with one attached hydrogen (secondary N) is 1. The Morgan fingerprint density at radius 2 is 1.89 bits per heavy atom. The first-order valence-electron chi connectivity index (χ1n) is 6.32. The molecule has 1 aliphatic carbocycles. The normalized spacial score (nSPS) is 14.4. The third-order valence-electron chi connectivity index (χ3n) is 2.90. The summed E-state index contributed by atoms with van der Waals surface area (Å²) in [6.07, 6.45) is 2.58. The lowest BCUT2D eigenvalue weighted by atomic mass is 10.3. The molecule has 92 valence electrons. The minimum atomic E-state index is 0.649. The van der Waals surface area contributed by atoms with Crippen LogP contribution in [0, 0.1) is 0 Å². The second-order valence-electron chi connectivity index (χ2n) is 4.54. The van der Waals surface area contributed by atoms with E-state index in [9.17, 15) is 0 Å². The maximum Gasteiger partial charge on any atom is 0.219 e. The van der Waals surface area contributed by atoms with Gasteiger partial charge in [0.05, 0.1) is 5.69 Å². The summed E-state index contributed by atoms with van der Waals surface area (Å²) in [6.45, 7) is 0.816. The molecular formula is C15H16N2O. The molecule has 2 aromatic rings. The zero-order chi connectivity index (χ0) is 12.2. The Hall–Kier alpha value is -1.87. The van der Waals surface area contributed by atoms with Crippen LogP contribution < -0.4 is 10.1 Å². The molecule has 0 saturated heterocycles. The fourth-order valence-corrected chi connectivity index (χ4v) is 1.76. The summed E-state index contributed by atoms with van der Waals surface area (Å²) < 4.78 is 5.70. The molecule has 0 spiro atoms. The Bertz CT molecular complexity index is 509. The number of aromatic nitrogens is 1. The van der Waals surface area contributed by atoms with E-state index >= 15 is 0 Å². The number of benzene rings is 1. The minimum Gasteiger partial charge on any atom is -0.439 e. The van der Waals surface area contributed by atoms with E-state index in [4.69, 9.17) is 4.74 Å². The van der Waals surface area contributed by atoms with E-state index in [2.05, 4.69) is 10.3 Å². The largest absolute Gasteiger partial charge is 0.439 e. The maximum atomic E-state index is 5.70. The Labute approximate surface area is 107 Å². The van der Waals surface area contributed by atoms with E-state index in [0.717, 1.165) is 18.0 Å². The van der Waals surface area contributed by atoms with E-state index < -0.39 is 0 Å². The molecule has 0 bridgehead atoms. The average molecular weight is 240 g/mol. The molecule has 1 heterocycles. The van der Waals surface area contributed by atoms with Crippen LogP contribution in [0.4, 0.5) is 0 Å². The van der Waals surface area contributed by atoms with Crippen molar-refractivity contribution in [2.24, 2.45) is 0 Å². The van der Waals surface area contributed by atoms with Gasteiger partial charge in [0.2, 0.25) is 5.88 Å². The smallest absolute Gasteiger partial charge is 0.219 e. The van der Waals surface area contributed by atoms with Crippen LogP contribution >= 0.6 is 0 Å². The van der Waals surface area contributed by atoms with Crippen molar-refractivity contribution in [2.45, 2.75) is 25.4 Å². The minimum absolute atomic E-state index is 0.649. The molecular weight excluding hydrogens is 224 g/mol. The van der Waals surface area contributed by atoms with Gasteiger partial charge in [-0.3, -0.25) is 0 Å². The van der Waals surface area contributed by atoms with Crippen molar-refractivity contribution in [3.63, 3.8) is 0 Å². The lowest BCUT2D eigenvalue weighted by Crippen LogP contribution is -2.16. The molecule has 0 atom stereocenters. The van der Waals surface area contributed by atoms with Crippen molar-refractivity contribution in [2.75, 3.05) is 0 Å². The molecule has 1 aromatic carbocycles. The summed E-state index contributed by atoms with van der Waals surface area (Å²) >= 11 is 0. The van der Waals surface area contributed by atoms with Crippen LogP contribution in [0.1, 0.15) is 18.5 Å². The number of pyridine rings is 1. The Kier molecular flexibility index (Phi) is 3.24. The Morgan fingerprint density at radius 3 is 2.67 bits per heavy atom. The highest BCUT2D eigenvalue weighted by Gasteiger charge is 2.20. The standard InChI is InChI=1S/C15H16N2O/c1-2-6-14(7-3-1)18-15-8-4-5-13(17-15)11-16-12-9-10-12/h1-8,12,16H,9-11H2. The van der Waals surface area contributed by atoms with Crippen LogP contribution in [-0.4, -0.2) is 11.0 Å². The van der Waals surface area contributed by atoms with E-state index in [1.54, 1.807) is 0 Å². The predicted octanol–water partition coefficient (Wildman–Crippen LogP) is 3.13. The topological polar surface area (TPSA) is 34.1 Å². The highest BCUT2D eigenvalue weighted by molar-refractivity contribution is 5.27. The van der Waals surface area contributed by atoms with Crippen LogP contribution in [0.25, 0.3) is 0 Å². The quantitative estimate of drug-likeness (QED) is 0.871. The van der Waals surface area contributed by atoms with Gasteiger partial charge in [-0.25, -0.2) is 4.98 Å². The molecule has 18 heavy (non-hydrogen) atoms. The monoisotopic (exact) mass is 240 g/mol. The van der Waals surface area contributed by atoms with Crippen molar-refractivity contribution in [3.05, 3.63) is 54.2 Å². The summed E-state index contributed by atoms with van der Waals surface area (Å²) in [5.41, 5.74) is 1.02. The zero-order valence-electron chi connectivity index (χ0n) is 10.2. The Morgan fingerprint density at radius 1 is 1.06 bits per heavy atom. The Balaban J connectivity index is 1.66. The summed E-state index contributed by atoms with van der Waals surface area (Å²) in [4.78, 5) is 4.48. The SMILES string of the molecule is c1ccc(Oc2cccc(CNC3CC3)n2)cc1. The molecule has 3 nitrogen and oxygen atoms in total. The molecule has 0 aliphatic heterocycles. The molecule has 3 heteroatoms. The van der Waals surface area contributed by atoms with Crippen LogP contribution in [0.3, 0.4) is 0 Å². The van der Waals surface area contributed by atoms with Crippen molar-refractivity contribution in [3.8, 4) is 11.6 Å². The average Bonchev–Trinajstić information content (AvgIpc) is 3.22. The number of ether oxygens (including phenoxy) is 1. The highest BCUT2D eigenvalue weighted by Crippen LogP contribution is 2.21. The molecule has 1 fully saturated rings. The highest BCUT2D eigenvalue weighted by atomic mass is 16.5. The van der Waals surface area contributed by atoms with Crippen LogP contribution in [0.15, 0.2) is 48.5 Å². The van der Waals surface area contributed by atoms with E-state index in [-0.39, 0.29) is 0 Å². The van der Waals surface area contributed by atoms with Gasteiger partial charge in [-0.05, 0) is 31.0 Å². The first-order valence-corrected chi connectivity index (χ1v) is 6.32. The number of para-hydroxylation sites is 1. The number of nitrogens with zero attached hydrogens (tertiary/aromatic N) is 1. The molecule has 1 aliphatic rings. The van der Waals surface area contributed by atoms with E-state index in [1.807, 2.05) is 48.5 Å². The fourth-order valence-electron chi connectivity index (χ4n) is 1.76. The second-order valence-corrected chi connectivity index (χ2v) is 4.54. The van der Waals surface area contributed by atoms with Gasteiger partial charge in [-0.2, -0.15) is 0 Å². The molecule has 1 aromatic heterocycles. The van der Waals surface area contributed by atoms with Gasteiger partial charge < -0.3 is 10.1 Å². The van der Waals surface area contributed by atoms with Gasteiger partial charge in [-0.1, -0.05) is 24.3 Å². The summed E-state index contributed by atoms with van der Waals surface area (Å²) in [7, 11) is 0. The van der Waals surface area contributed by atoms with Crippen LogP contribution in [0.5, 0.6) is 11.6 Å². The van der Waals surface area contributed by atoms with Crippen LogP contribution in [0.2, 0.25) is 0 Å². The number of hydrogen-bond donors (Lipinski definition) is 1. The van der Waals surface area contributed by atoms with Crippen molar-refractivity contribution in [1.82, 2.24) is 10.3 Å². The third kappa shape index (κ3) is 3.08. The first-order chi connectivity index (χ1) is 8.90.